The van der Waals surface area contributed by atoms with E-state index in [0.29, 0.717) is 19.6 Å². The highest BCUT2D eigenvalue weighted by Gasteiger charge is 2.29. The lowest BCUT2D eigenvalue weighted by Gasteiger charge is -2.23. The highest BCUT2D eigenvalue weighted by Crippen LogP contribution is 2.21. The van der Waals surface area contributed by atoms with E-state index in [4.69, 9.17) is 4.74 Å². The molecule has 138 valence electrons. The lowest BCUT2D eigenvalue weighted by atomic mass is 9.99. The third-order valence-electron chi connectivity index (χ3n) is 5.09. The van der Waals surface area contributed by atoms with Gasteiger partial charge in [0.2, 0.25) is 11.8 Å². The summed E-state index contributed by atoms with van der Waals surface area (Å²) in [5, 5.41) is 10.4. The Hall–Kier alpha value is -1.89. The Morgan fingerprint density at radius 1 is 1.12 bits per heavy atom. The maximum atomic E-state index is 12.3. The average Bonchev–Trinajstić information content (AvgIpc) is 3.28. The van der Waals surface area contributed by atoms with E-state index in [2.05, 4.69) is 15.7 Å². The van der Waals surface area contributed by atoms with Crippen molar-refractivity contribution in [3.05, 3.63) is 18.5 Å². The molecule has 2 fully saturated rings. The number of carbonyl (C=O) groups is 2. The topological polar surface area (TPSA) is 85.3 Å². The summed E-state index contributed by atoms with van der Waals surface area (Å²) in [6, 6.07) is 2.25. The minimum Gasteiger partial charge on any atom is -0.381 e. The molecule has 1 aliphatic heterocycles. The molecule has 0 aromatic carbocycles. The van der Waals surface area contributed by atoms with Crippen LogP contribution < -0.4 is 10.6 Å². The van der Waals surface area contributed by atoms with Crippen molar-refractivity contribution in [2.24, 2.45) is 5.92 Å². The Bertz CT molecular complexity index is 555. The molecule has 7 nitrogen and oxygen atoms in total. The second kappa shape index (κ2) is 8.99. The number of hydrogen-bond donors (Lipinski definition) is 2. The van der Waals surface area contributed by atoms with Crippen LogP contribution in [0.15, 0.2) is 18.5 Å². The van der Waals surface area contributed by atoms with E-state index < -0.39 is 0 Å². The quantitative estimate of drug-likeness (QED) is 0.776. The van der Waals surface area contributed by atoms with Crippen molar-refractivity contribution in [1.29, 1.82) is 0 Å². The largest absolute Gasteiger partial charge is 0.381 e. The van der Waals surface area contributed by atoms with E-state index in [0.717, 1.165) is 45.1 Å². The molecule has 2 unspecified atom stereocenters. The predicted molar refractivity (Wildman–Crippen MR) is 92.7 cm³/mol. The van der Waals surface area contributed by atoms with Gasteiger partial charge in [-0.2, -0.15) is 5.10 Å². The second-order valence-electron chi connectivity index (χ2n) is 7.04. The summed E-state index contributed by atoms with van der Waals surface area (Å²) >= 11 is 0. The first-order valence-electron chi connectivity index (χ1n) is 9.35. The maximum Gasteiger partial charge on any atom is 0.223 e. The lowest BCUT2D eigenvalue weighted by Crippen LogP contribution is -2.41. The van der Waals surface area contributed by atoms with Gasteiger partial charge >= 0.3 is 0 Å². The Morgan fingerprint density at radius 3 is 2.60 bits per heavy atom. The molecule has 0 radical (unpaired) electrons. The molecule has 0 bridgehead atoms. The first-order chi connectivity index (χ1) is 12.2. The Kier molecular flexibility index (Phi) is 6.44. The molecule has 1 saturated heterocycles. The van der Waals surface area contributed by atoms with Crippen molar-refractivity contribution in [3.8, 4) is 0 Å². The molecule has 3 rings (SSSR count). The van der Waals surface area contributed by atoms with Gasteiger partial charge in [-0.3, -0.25) is 14.3 Å². The minimum atomic E-state index is 0.0877. The SMILES string of the molecule is O=C(CCCn1cccn1)NC1CCC(NC(=O)C2CCOCC2)C1. The van der Waals surface area contributed by atoms with Gasteiger partial charge in [0.15, 0.2) is 0 Å². The number of rotatable bonds is 7. The minimum absolute atomic E-state index is 0.0877. The van der Waals surface area contributed by atoms with Crippen LogP contribution in [0.3, 0.4) is 0 Å². The number of carbonyl (C=O) groups excluding carboxylic acids is 2. The molecule has 1 aromatic rings. The van der Waals surface area contributed by atoms with Crippen LogP contribution in [0.25, 0.3) is 0 Å². The van der Waals surface area contributed by atoms with Crippen LogP contribution in [-0.2, 0) is 20.9 Å². The number of aryl methyl sites for hydroxylation is 1. The van der Waals surface area contributed by atoms with Gasteiger partial charge in [0.1, 0.15) is 0 Å². The standard InChI is InChI=1S/C18H28N4O3/c23-17(3-1-9-22-10-2-8-19-22)20-15-4-5-16(13-15)21-18(24)14-6-11-25-12-7-14/h2,8,10,14-16H,1,3-7,9,11-13H2,(H,20,23)(H,21,24). The van der Waals surface area contributed by atoms with Gasteiger partial charge in [0.05, 0.1) is 0 Å². The lowest BCUT2D eigenvalue weighted by molar-refractivity contribution is -0.128. The summed E-state index contributed by atoms with van der Waals surface area (Å²) in [5.74, 6) is 0.331. The maximum absolute atomic E-state index is 12.3. The van der Waals surface area contributed by atoms with Crippen molar-refractivity contribution in [2.75, 3.05) is 13.2 Å². The zero-order valence-electron chi connectivity index (χ0n) is 14.7. The molecule has 2 amide bonds. The molecule has 1 aliphatic carbocycles. The second-order valence-corrected chi connectivity index (χ2v) is 7.04. The average molecular weight is 348 g/mol. The molecule has 2 heterocycles. The first kappa shape index (κ1) is 17.9. The highest BCUT2D eigenvalue weighted by atomic mass is 16.5. The Balaban J connectivity index is 1.31. The molecule has 2 atom stereocenters. The summed E-state index contributed by atoms with van der Waals surface area (Å²) in [5.41, 5.74) is 0. The van der Waals surface area contributed by atoms with Crippen LogP contribution in [0.2, 0.25) is 0 Å². The summed E-state index contributed by atoms with van der Waals surface area (Å²) in [6.45, 7) is 2.12. The van der Waals surface area contributed by atoms with E-state index in [1.807, 2.05) is 16.9 Å². The fourth-order valence-corrected chi connectivity index (χ4v) is 3.66. The van der Waals surface area contributed by atoms with E-state index in [1.165, 1.54) is 0 Å². The van der Waals surface area contributed by atoms with Crippen molar-refractivity contribution in [2.45, 2.75) is 63.6 Å². The van der Waals surface area contributed by atoms with Crippen LogP contribution in [0.1, 0.15) is 44.9 Å². The predicted octanol–water partition coefficient (Wildman–Crippen LogP) is 1.24. The zero-order valence-corrected chi connectivity index (χ0v) is 14.7. The normalized spacial score (nSPS) is 24.2. The van der Waals surface area contributed by atoms with Crippen molar-refractivity contribution < 1.29 is 14.3 Å². The first-order valence-corrected chi connectivity index (χ1v) is 9.35. The number of nitrogens with zero attached hydrogens (tertiary/aromatic N) is 2. The van der Waals surface area contributed by atoms with E-state index in [9.17, 15) is 9.59 Å². The summed E-state index contributed by atoms with van der Waals surface area (Å²) in [7, 11) is 0. The molecule has 7 heteroatoms. The number of hydrogen-bond acceptors (Lipinski definition) is 4. The fraction of sp³-hybridized carbons (Fsp3) is 0.722. The number of amides is 2. The monoisotopic (exact) mass is 348 g/mol. The van der Waals surface area contributed by atoms with Crippen LogP contribution >= 0.6 is 0 Å². The fourth-order valence-electron chi connectivity index (χ4n) is 3.66. The Labute approximate surface area is 148 Å². The van der Waals surface area contributed by atoms with Crippen LogP contribution in [0, 0.1) is 5.92 Å². The van der Waals surface area contributed by atoms with Gasteiger partial charge in [0.25, 0.3) is 0 Å². The third-order valence-corrected chi connectivity index (χ3v) is 5.09. The van der Waals surface area contributed by atoms with Gasteiger partial charge in [0, 0.05) is 56.6 Å². The zero-order chi connectivity index (χ0) is 17.5. The number of ether oxygens (including phenoxy) is 1. The van der Waals surface area contributed by atoms with E-state index >= 15 is 0 Å². The third kappa shape index (κ3) is 5.56. The summed E-state index contributed by atoms with van der Waals surface area (Å²) in [4.78, 5) is 24.3. The molecular weight excluding hydrogens is 320 g/mol. The van der Waals surface area contributed by atoms with Crippen molar-refractivity contribution in [1.82, 2.24) is 20.4 Å². The highest BCUT2D eigenvalue weighted by molar-refractivity contribution is 5.79. The molecule has 25 heavy (non-hydrogen) atoms. The van der Waals surface area contributed by atoms with Gasteiger partial charge in [-0.05, 0) is 44.6 Å². The number of aromatic nitrogens is 2. The molecule has 1 aromatic heterocycles. The van der Waals surface area contributed by atoms with Gasteiger partial charge < -0.3 is 15.4 Å². The smallest absolute Gasteiger partial charge is 0.223 e. The number of nitrogens with one attached hydrogen (secondary N) is 2. The van der Waals surface area contributed by atoms with Crippen LogP contribution in [0.5, 0.6) is 0 Å². The Morgan fingerprint density at radius 2 is 1.88 bits per heavy atom. The molecule has 0 spiro atoms. The molecule has 2 aliphatic rings. The van der Waals surface area contributed by atoms with Crippen molar-refractivity contribution in [3.63, 3.8) is 0 Å². The van der Waals surface area contributed by atoms with Crippen LogP contribution in [0.4, 0.5) is 0 Å². The molecule has 1 saturated carbocycles. The molecule has 2 N–H and O–H groups in total. The van der Waals surface area contributed by atoms with E-state index in [1.54, 1.807) is 6.20 Å². The van der Waals surface area contributed by atoms with Crippen molar-refractivity contribution >= 4 is 11.8 Å². The van der Waals surface area contributed by atoms with Gasteiger partial charge in [-0.25, -0.2) is 0 Å². The summed E-state index contributed by atoms with van der Waals surface area (Å²) < 4.78 is 7.14. The summed E-state index contributed by atoms with van der Waals surface area (Å²) in [6.07, 6.45) is 9.27. The molecular formula is C18H28N4O3. The van der Waals surface area contributed by atoms with Crippen LogP contribution in [-0.4, -0.2) is 46.9 Å². The van der Waals surface area contributed by atoms with Gasteiger partial charge in [-0.15, -0.1) is 0 Å². The van der Waals surface area contributed by atoms with Gasteiger partial charge in [-0.1, -0.05) is 0 Å². The van der Waals surface area contributed by atoms with E-state index in [-0.39, 0.29) is 29.8 Å².